The van der Waals surface area contributed by atoms with Gasteiger partial charge in [-0.25, -0.2) is 9.97 Å². The molecule has 1 amide bonds. The first-order chi connectivity index (χ1) is 13.5. The smallest absolute Gasteiger partial charge is 0.227 e. The Bertz CT molecular complexity index is 787. The first kappa shape index (κ1) is 20.2. The largest absolute Gasteiger partial charge is 0.368 e. The molecule has 7 nitrogen and oxygen atoms in total. The van der Waals surface area contributed by atoms with Crippen LogP contribution in [-0.4, -0.2) is 56.3 Å². The summed E-state index contributed by atoms with van der Waals surface area (Å²) in [6.45, 7) is 9.39. The van der Waals surface area contributed by atoms with Gasteiger partial charge in [0.2, 0.25) is 11.9 Å². The van der Waals surface area contributed by atoms with E-state index in [1.54, 1.807) is 0 Å². The van der Waals surface area contributed by atoms with Crippen molar-refractivity contribution in [2.75, 3.05) is 25.4 Å². The maximum Gasteiger partial charge on any atom is 0.227 e. The number of nitrogens with zero attached hydrogens (tertiary/aromatic N) is 5. The second-order valence-electron chi connectivity index (χ2n) is 7.46. The highest BCUT2D eigenvalue weighted by molar-refractivity contribution is 5.79. The number of rotatable bonds is 6. The third kappa shape index (κ3) is 4.84. The first-order valence-corrected chi connectivity index (χ1v) is 9.98. The Hall–Kier alpha value is -2.54. The second kappa shape index (κ2) is 9.10. The Labute approximate surface area is 167 Å². The highest BCUT2D eigenvalue weighted by Crippen LogP contribution is 2.20. The van der Waals surface area contributed by atoms with Crippen LogP contribution < -0.4 is 5.73 Å². The van der Waals surface area contributed by atoms with Gasteiger partial charge in [-0.15, -0.1) is 0 Å². The third-order valence-corrected chi connectivity index (χ3v) is 5.57. The molecule has 0 aromatic carbocycles. The molecule has 0 spiro atoms. The summed E-state index contributed by atoms with van der Waals surface area (Å²) in [7, 11) is 0. The van der Waals surface area contributed by atoms with E-state index in [4.69, 9.17) is 5.73 Å². The van der Waals surface area contributed by atoms with Gasteiger partial charge in [0.1, 0.15) is 0 Å². The van der Waals surface area contributed by atoms with Crippen molar-refractivity contribution in [1.82, 2.24) is 24.8 Å². The average molecular weight is 383 g/mol. The number of carbonyl (C=O) groups is 1. The van der Waals surface area contributed by atoms with Crippen molar-refractivity contribution in [3.63, 3.8) is 0 Å². The monoisotopic (exact) mass is 382 g/mol. The van der Waals surface area contributed by atoms with Crippen molar-refractivity contribution in [3.8, 4) is 0 Å². The fraction of sp³-hybridized carbons (Fsp3) is 0.524. The summed E-state index contributed by atoms with van der Waals surface area (Å²) in [6, 6.07) is 4.49. The molecule has 2 aromatic heterocycles. The summed E-state index contributed by atoms with van der Waals surface area (Å²) in [5.41, 5.74) is 9.44. The third-order valence-electron chi connectivity index (χ3n) is 5.57. The van der Waals surface area contributed by atoms with Crippen LogP contribution in [0.3, 0.4) is 0 Å². The normalized spacial score (nSPS) is 17.1. The number of anilines is 1. The topological polar surface area (TPSA) is 88.2 Å². The van der Waals surface area contributed by atoms with E-state index in [9.17, 15) is 4.79 Å². The molecule has 1 saturated heterocycles. The summed E-state index contributed by atoms with van der Waals surface area (Å²) in [5.74, 6) is 0.406. The molecule has 0 bridgehead atoms. The number of nitrogens with two attached hydrogens (primary N) is 1. The number of likely N-dealkylation sites (N-methyl/N-ethyl adjacent to an activating group) is 1. The van der Waals surface area contributed by atoms with Crippen LogP contribution in [0.2, 0.25) is 0 Å². The molecule has 3 heterocycles. The number of aryl methyl sites for hydroxylation is 2. The number of piperidine rings is 1. The maximum atomic E-state index is 13.0. The van der Waals surface area contributed by atoms with Crippen molar-refractivity contribution in [2.24, 2.45) is 0 Å². The van der Waals surface area contributed by atoms with Gasteiger partial charge in [-0.05, 0) is 50.9 Å². The molecule has 0 radical (unpaired) electrons. The van der Waals surface area contributed by atoms with E-state index >= 15 is 0 Å². The highest BCUT2D eigenvalue weighted by atomic mass is 16.2. The fourth-order valence-corrected chi connectivity index (χ4v) is 3.99. The van der Waals surface area contributed by atoms with Gasteiger partial charge in [-0.2, -0.15) is 0 Å². The maximum absolute atomic E-state index is 13.0. The Morgan fingerprint density at radius 1 is 1.25 bits per heavy atom. The average Bonchev–Trinajstić information content (AvgIpc) is 2.69. The number of aromatic nitrogens is 3. The second-order valence-corrected chi connectivity index (χ2v) is 7.46. The molecule has 7 heteroatoms. The van der Waals surface area contributed by atoms with Gasteiger partial charge in [0.05, 0.1) is 6.42 Å². The quantitative estimate of drug-likeness (QED) is 0.823. The predicted octanol–water partition coefficient (Wildman–Crippen LogP) is 2.13. The number of hydrogen-bond donors (Lipinski definition) is 1. The number of hydrogen-bond acceptors (Lipinski definition) is 6. The van der Waals surface area contributed by atoms with Crippen LogP contribution in [0.4, 0.5) is 5.95 Å². The molecule has 2 aromatic rings. The van der Waals surface area contributed by atoms with E-state index in [2.05, 4.69) is 38.9 Å². The van der Waals surface area contributed by atoms with Crippen LogP contribution in [0.15, 0.2) is 24.5 Å². The zero-order valence-corrected chi connectivity index (χ0v) is 17.1. The van der Waals surface area contributed by atoms with Crippen molar-refractivity contribution in [3.05, 3.63) is 47.0 Å². The Balaban J connectivity index is 1.66. The molecule has 1 aliphatic rings. The molecule has 1 atom stereocenters. The van der Waals surface area contributed by atoms with Crippen LogP contribution >= 0.6 is 0 Å². The summed E-state index contributed by atoms with van der Waals surface area (Å²) in [6.07, 6.45) is 6.14. The van der Waals surface area contributed by atoms with E-state index in [1.807, 2.05) is 31.1 Å². The molecule has 1 unspecified atom stereocenters. The van der Waals surface area contributed by atoms with Crippen LogP contribution in [0, 0.1) is 13.8 Å². The summed E-state index contributed by atoms with van der Waals surface area (Å²) >= 11 is 0. The lowest BCUT2D eigenvalue weighted by molar-refractivity contribution is -0.132. The molecule has 1 fully saturated rings. The molecule has 150 valence electrons. The minimum Gasteiger partial charge on any atom is -0.368 e. The predicted molar refractivity (Wildman–Crippen MR) is 110 cm³/mol. The lowest BCUT2D eigenvalue weighted by Crippen LogP contribution is -2.50. The molecule has 0 saturated carbocycles. The molecule has 28 heavy (non-hydrogen) atoms. The van der Waals surface area contributed by atoms with Gasteiger partial charge in [-0.1, -0.05) is 6.92 Å². The zero-order valence-electron chi connectivity index (χ0n) is 17.1. The van der Waals surface area contributed by atoms with Crippen molar-refractivity contribution in [1.29, 1.82) is 0 Å². The molecular weight excluding hydrogens is 352 g/mol. The lowest BCUT2D eigenvalue weighted by Gasteiger charge is -2.39. The molecule has 1 aliphatic heterocycles. The molecule has 2 N–H and O–H groups in total. The zero-order chi connectivity index (χ0) is 20.1. The Morgan fingerprint density at radius 2 is 1.93 bits per heavy atom. The highest BCUT2D eigenvalue weighted by Gasteiger charge is 2.28. The Kier molecular flexibility index (Phi) is 6.57. The number of likely N-dealkylation sites (tertiary alicyclic amines) is 1. The number of pyridine rings is 1. The standard InChI is InChI=1S/C21H30N6O/c1-4-26(13-17-7-9-23-10-8-17)18-6-5-11-27(14-18)20(28)12-19-15(2)24-21(22)25-16(19)3/h7-10,18H,4-6,11-14H2,1-3H3,(H2,22,24,25). The van der Waals surface area contributed by atoms with E-state index in [-0.39, 0.29) is 11.9 Å². The SMILES string of the molecule is CCN(Cc1ccncc1)C1CCCN(C(=O)Cc2c(C)nc(N)nc2C)C1. The van der Waals surface area contributed by atoms with Gasteiger partial charge < -0.3 is 10.6 Å². The molecule has 3 rings (SSSR count). The summed E-state index contributed by atoms with van der Waals surface area (Å²) in [4.78, 5) is 30.0. The van der Waals surface area contributed by atoms with Crippen molar-refractivity contribution < 1.29 is 4.79 Å². The Morgan fingerprint density at radius 3 is 2.57 bits per heavy atom. The van der Waals surface area contributed by atoms with E-state index in [0.717, 1.165) is 56.0 Å². The van der Waals surface area contributed by atoms with Gasteiger partial charge in [0.15, 0.2) is 0 Å². The van der Waals surface area contributed by atoms with Crippen LogP contribution in [0.5, 0.6) is 0 Å². The summed E-state index contributed by atoms with van der Waals surface area (Å²) < 4.78 is 0. The number of carbonyl (C=O) groups excluding carboxylic acids is 1. The van der Waals surface area contributed by atoms with Gasteiger partial charge in [0, 0.05) is 55.0 Å². The summed E-state index contributed by atoms with van der Waals surface area (Å²) in [5, 5.41) is 0. The lowest BCUT2D eigenvalue weighted by atomic mass is 10.0. The van der Waals surface area contributed by atoms with E-state index in [0.29, 0.717) is 12.5 Å². The minimum atomic E-state index is 0.143. The van der Waals surface area contributed by atoms with E-state index in [1.165, 1.54) is 5.56 Å². The van der Waals surface area contributed by atoms with Crippen LogP contribution in [0.25, 0.3) is 0 Å². The van der Waals surface area contributed by atoms with E-state index < -0.39 is 0 Å². The number of amides is 1. The molecule has 0 aliphatic carbocycles. The van der Waals surface area contributed by atoms with Crippen molar-refractivity contribution >= 4 is 11.9 Å². The number of nitrogen functional groups attached to an aromatic ring is 1. The van der Waals surface area contributed by atoms with Gasteiger partial charge >= 0.3 is 0 Å². The van der Waals surface area contributed by atoms with Gasteiger partial charge in [-0.3, -0.25) is 14.7 Å². The molecular formula is C21H30N6O. The van der Waals surface area contributed by atoms with Crippen LogP contribution in [0.1, 0.15) is 42.3 Å². The first-order valence-electron chi connectivity index (χ1n) is 9.98. The van der Waals surface area contributed by atoms with Crippen molar-refractivity contribution in [2.45, 2.75) is 52.6 Å². The van der Waals surface area contributed by atoms with Crippen LogP contribution in [-0.2, 0) is 17.8 Å². The van der Waals surface area contributed by atoms with Gasteiger partial charge in [0.25, 0.3) is 0 Å². The fourth-order valence-electron chi connectivity index (χ4n) is 3.99. The minimum absolute atomic E-state index is 0.143.